The summed E-state index contributed by atoms with van der Waals surface area (Å²) in [7, 11) is 0. The topological polar surface area (TPSA) is 38.3 Å². The summed E-state index contributed by atoms with van der Waals surface area (Å²) in [6, 6.07) is 10.1. The SMILES string of the molecule is CCCC(NC(C)c1ccccc1)C(=O)OCC. The van der Waals surface area contributed by atoms with Crippen molar-refractivity contribution in [3.63, 3.8) is 0 Å². The molecule has 0 aliphatic rings. The first-order valence-corrected chi connectivity index (χ1v) is 6.66. The Morgan fingerprint density at radius 3 is 2.50 bits per heavy atom. The molecule has 0 aromatic heterocycles. The number of rotatable bonds is 7. The zero-order chi connectivity index (χ0) is 13.4. The maximum Gasteiger partial charge on any atom is 0.323 e. The number of hydrogen-bond donors (Lipinski definition) is 1. The number of hydrogen-bond acceptors (Lipinski definition) is 3. The molecule has 3 nitrogen and oxygen atoms in total. The van der Waals surface area contributed by atoms with E-state index in [1.807, 2.05) is 25.1 Å². The molecule has 1 rings (SSSR count). The van der Waals surface area contributed by atoms with Crippen LogP contribution in [0.1, 0.15) is 45.2 Å². The Kier molecular flexibility index (Phi) is 6.44. The summed E-state index contributed by atoms with van der Waals surface area (Å²) in [4.78, 5) is 11.8. The average molecular weight is 249 g/mol. The van der Waals surface area contributed by atoms with Crippen molar-refractivity contribution in [1.29, 1.82) is 0 Å². The average Bonchev–Trinajstić information content (AvgIpc) is 2.39. The molecule has 0 saturated heterocycles. The van der Waals surface area contributed by atoms with Gasteiger partial charge >= 0.3 is 5.97 Å². The fourth-order valence-corrected chi connectivity index (χ4v) is 1.94. The van der Waals surface area contributed by atoms with E-state index < -0.39 is 0 Å². The molecule has 0 heterocycles. The number of carbonyl (C=O) groups excluding carboxylic acids is 1. The maximum atomic E-state index is 11.8. The zero-order valence-corrected chi connectivity index (χ0v) is 11.5. The van der Waals surface area contributed by atoms with E-state index in [2.05, 4.69) is 31.3 Å². The van der Waals surface area contributed by atoms with Gasteiger partial charge in [0.25, 0.3) is 0 Å². The van der Waals surface area contributed by atoms with Crippen LogP contribution in [0.4, 0.5) is 0 Å². The Balaban J connectivity index is 2.63. The minimum atomic E-state index is -0.217. The van der Waals surface area contributed by atoms with E-state index in [-0.39, 0.29) is 18.1 Å². The molecule has 0 fully saturated rings. The van der Waals surface area contributed by atoms with Gasteiger partial charge in [0.15, 0.2) is 0 Å². The van der Waals surface area contributed by atoms with Gasteiger partial charge in [-0.05, 0) is 25.8 Å². The molecule has 0 saturated carbocycles. The van der Waals surface area contributed by atoms with Crippen molar-refractivity contribution < 1.29 is 9.53 Å². The normalized spacial score (nSPS) is 13.9. The third kappa shape index (κ3) is 4.49. The first-order chi connectivity index (χ1) is 8.69. The van der Waals surface area contributed by atoms with Gasteiger partial charge in [-0.3, -0.25) is 10.1 Å². The monoisotopic (exact) mass is 249 g/mol. The molecule has 100 valence electrons. The summed E-state index contributed by atoms with van der Waals surface area (Å²) in [5.74, 6) is -0.151. The molecule has 3 heteroatoms. The van der Waals surface area contributed by atoms with Crippen LogP contribution in [0.3, 0.4) is 0 Å². The Morgan fingerprint density at radius 2 is 1.94 bits per heavy atom. The lowest BCUT2D eigenvalue weighted by atomic mass is 10.1. The van der Waals surface area contributed by atoms with Crippen molar-refractivity contribution in [2.75, 3.05) is 6.61 Å². The van der Waals surface area contributed by atoms with Crippen LogP contribution >= 0.6 is 0 Å². The van der Waals surface area contributed by atoms with E-state index in [9.17, 15) is 4.79 Å². The van der Waals surface area contributed by atoms with Crippen molar-refractivity contribution in [3.8, 4) is 0 Å². The third-order valence-electron chi connectivity index (χ3n) is 2.90. The summed E-state index contributed by atoms with van der Waals surface area (Å²) in [6.45, 7) is 6.40. The molecule has 1 N–H and O–H groups in total. The molecule has 0 radical (unpaired) electrons. The second kappa shape index (κ2) is 7.88. The summed E-state index contributed by atoms with van der Waals surface area (Å²) in [5.41, 5.74) is 1.18. The van der Waals surface area contributed by atoms with Crippen LogP contribution in [0.5, 0.6) is 0 Å². The highest BCUT2D eigenvalue weighted by Gasteiger charge is 2.20. The predicted octanol–water partition coefficient (Wildman–Crippen LogP) is 3.07. The fourth-order valence-electron chi connectivity index (χ4n) is 1.94. The van der Waals surface area contributed by atoms with Crippen LogP contribution in [0.15, 0.2) is 30.3 Å². The van der Waals surface area contributed by atoms with Crippen LogP contribution in [-0.4, -0.2) is 18.6 Å². The standard InChI is InChI=1S/C15H23NO2/c1-4-9-14(15(17)18-5-2)16-12(3)13-10-7-6-8-11-13/h6-8,10-12,14,16H,4-5,9H2,1-3H3. The number of esters is 1. The largest absolute Gasteiger partial charge is 0.465 e. The van der Waals surface area contributed by atoms with E-state index in [4.69, 9.17) is 4.74 Å². The number of carbonyl (C=O) groups is 1. The van der Waals surface area contributed by atoms with Crippen LogP contribution < -0.4 is 5.32 Å². The highest BCUT2D eigenvalue weighted by Crippen LogP contribution is 2.14. The molecule has 2 atom stereocenters. The number of benzene rings is 1. The molecule has 2 unspecified atom stereocenters. The highest BCUT2D eigenvalue weighted by atomic mass is 16.5. The first-order valence-electron chi connectivity index (χ1n) is 6.66. The Morgan fingerprint density at radius 1 is 1.28 bits per heavy atom. The second-order valence-corrected chi connectivity index (χ2v) is 4.39. The smallest absolute Gasteiger partial charge is 0.323 e. The van der Waals surface area contributed by atoms with Gasteiger partial charge in [-0.2, -0.15) is 0 Å². The van der Waals surface area contributed by atoms with Crippen molar-refractivity contribution in [2.45, 2.75) is 45.7 Å². The van der Waals surface area contributed by atoms with Gasteiger partial charge in [0.05, 0.1) is 6.61 Å². The molecule has 18 heavy (non-hydrogen) atoms. The second-order valence-electron chi connectivity index (χ2n) is 4.39. The molecular formula is C15H23NO2. The number of nitrogens with one attached hydrogen (secondary N) is 1. The summed E-state index contributed by atoms with van der Waals surface area (Å²) < 4.78 is 5.09. The van der Waals surface area contributed by atoms with E-state index >= 15 is 0 Å². The van der Waals surface area contributed by atoms with Gasteiger partial charge in [-0.1, -0.05) is 43.7 Å². The van der Waals surface area contributed by atoms with Crippen molar-refractivity contribution >= 4 is 5.97 Å². The number of ether oxygens (including phenoxy) is 1. The van der Waals surface area contributed by atoms with Gasteiger partial charge < -0.3 is 4.74 Å². The summed E-state index contributed by atoms with van der Waals surface area (Å²) in [6.07, 6.45) is 1.76. The van der Waals surface area contributed by atoms with Gasteiger partial charge in [0.2, 0.25) is 0 Å². The quantitative estimate of drug-likeness (QED) is 0.755. The molecule has 1 aromatic carbocycles. The van der Waals surface area contributed by atoms with Gasteiger partial charge in [0, 0.05) is 6.04 Å². The predicted molar refractivity (Wildman–Crippen MR) is 73.3 cm³/mol. The highest BCUT2D eigenvalue weighted by molar-refractivity contribution is 5.75. The van der Waals surface area contributed by atoms with E-state index in [0.717, 1.165) is 12.8 Å². The van der Waals surface area contributed by atoms with Crippen molar-refractivity contribution in [3.05, 3.63) is 35.9 Å². The molecule has 1 aromatic rings. The summed E-state index contributed by atoms with van der Waals surface area (Å²) in [5, 5.41) is 3.34. The van der Waals surface area contributed by atoms with Gasteiger partial charge in [0.1, 0.15) is 6.04 Å². The van der Waals surface area contributed by atoms with E-state index in [1.165, 1.54) is 5.56 Å². The Hall–Kier alpha value is -1.35. The van der Waals surface area contributed by atoms with E-state index in [1.54, 1.807) is 0 Å². The molecule has 0 aliphatic carbocycles. The lowest BCUT2D eigenvalue weighted by Gasteiger charge is -2.21. The molecule has 0 amide bonds. The lowest BCUT2D eigenvalue weighted by molar-refractivity contribution is -0.146. The van der Waals surface area contributed by atoms with Crippen LogP contribution in [0.2, 0.25) is 0 Å². The van der Waals surface area contributed by atoms with Crippen LogP contribution in [0, 0.1) is 0 Å². The molecular weight excluding hydrogens is 226 g/mol. The maximum absolute atomic E-state index is 11.8. The van der Waals surface area contributed by atoms with E-state index in [0.29, 0.717) is 6.61 Å². The fraction of sp³-hybridized carbons (Fsp3) is 0.533. The van der Waals surface area contributed by atoms with Crippen molar-refractivity contribution in [1.82, 2.24) is 5.32 Å². The van der Waals surface area contributed by atoms with Gasteiger partial charge in [-0.25, -0.2) is 0 Å². The minimum absolute atomic E-state index is 0.146. The minimum Gasteiger partial charge on any atom is -0.465 e. The molecule has 0 aliphatic heterocycles. The molecule has 0 spiro atoms. The first kappa shape index (κ1) is 14.7. The summed E-state index contributed by atoms with van der Waals surface area (Å²) >= 11 is 0. The molecule has 0 bridgehead atoms. The van der Waals surface area contributed by atoms with Crippen molar-refractivity contribution in [2.24, 2.45) is 0 Å². The van der Waals surface area contributed by atoms with Crippen LogP contribution in [0.25, 0.3) is 0 Å². The van der Waals surface area contributed by atoms with Gasteiger partial charge in [-0.15, -0.1) is 0 Å². The Labute approximate surface area is 110 Å². The lowest BCUT2D eigenvalue weighted by Crippen LogP contribution is -2.39. The van der Waals surface area contributed by atoms with Crippen LogP contribution in [-0.2, 0) is 9.53 Å². The zero-order valence-electron chi connectivity index (χ0n) is 11.5. The third-order valence-corrected chi connectivity index (χ3v) is 2.90. The Bertz CT molecular complexity index is 351.